The summed E-state index contributed by atoms with van der Waals surface area (Å²) in [5.41, 5.74) is -0.125. The largest absolute Gasteiger partial charge is 0.320 e. The third kappa shape index (κ3) is 4.30. The van der Waals surface area contributed by atoms with Gasteiger partial charge in [0.1, 0.15) is 3.74 Å². The second-order valence-electron chi connectivity index (χ2n) is 3.00. The second-order valence-corrected chi connectivity index (χ2v) is 8.38. The molecular formula is C9H2Br2Cl3F2NOS. The topological polar surface area (TPSA) is 29.4 Å². The van der Waals surface area contributed by atoms with Crippen LogP contribution in [-0.4, -0.2) is 15.1 Å². The average molecular weight is 476 g/mol. The molecule has 0 radical (unpaired) electrons. The summed E-state index contributed by atoms with van der Waals surface area (Å²) in [4.78, 5) is 13.4. The van der Waals surface area contributed by atoms with Crippen LogP contribution in [0.1, 0.15) is 0 Å². The second kappa shape index (κ2) is 7.07. The first kappa shape index (κ1) is 17.7. The van der Waals surface area contributed by atoms with Crippen LogP contribution in [0.5, 0.6) is 0 Å². The molecule has 0 saturated heterocycles. The van der Waals surface area contributed by atoms with Crippen LogP contribution in [-0.2, 0) is 4.79 Å². The van der Waals surface area contributed by atoms with Gasteiger partial charge in [-0.05, 0) is 17.8 Å². The molecule has 0 aliphatic heterocycles. The highest BCUT2D eigenvalue weighted by molar-refractivity contribution is 9.24. The van der Waals surface area contributed by atoms with Gasteiger partial charge < -0.3 is 0 Å². The van der Waals surface area contributed by atoms with Gasteiger partial charge in [-0.25, -0.2) is 4.79 Å². The molecule has 0 atom stereocenters. The van der Waals surface area contributed by atoms with Gasteiger partial charge in [-0.3, -0.25) is 0 Å². The quantitative estimate of drug-likeness (QED) is 0.165. The summed E-state index contributed by atoms with van der Waals surface area (Å²) in [5, 5.41) is -3.54. The molecule has 0 heterocycles. The SMILES string of the molecule is O=C=Nc1cc(Cl)c(Cl)c(Cl)c1SC(F)(F)C(Br)Br. The Bertz CT molecular complexity index is 553. The zero-order chi connectivity index (χ0) is 14.8. The van der Waals surface area contributed by atoms with Crippen LogP contribution < -0.4 is 0 Å². The molecule has 0 aromatic heterocycles. The Kier molecular flexibility index (Phi) is 6.58. The number of halogens is 7. The van der Waals surface area contributed by atoms with Crippen LogP contribution in [0.2, 0.25) is 15.1 Å². The van der Waals surface area contributed by atoms with E-state index in [4.69, 9.17) is 34.8 Å². The monoisotopic (exact) mass is 473 g/mol. The van der Waals surface area contributed by atoms with Crippen LogP contribution in [0.4, 0.5) is 14.5 Å². The molecule has 0 aliphatic rings. The number of isocyanates is 1. The molecule has 1 aromatic rings. The molecule has 0 N–H and O–H groups in total. The predicted octanol–water partition coefficient (Wildman–Crippen LogP) is 6.41. The van der Waals surface area contributed by atoms with Crippen molar-refractivity contribution in [2.75, 3.05) is 0 Å². The van der Waals surface area contributed by atoms with E-state index < -0.39 is 8.99 Å². The van der Waals surface area contributed by atoms with Gasteiger partial charge in [-0.15, -0.1) is 0 Å². The van der Waals surface area contributed by atoms with Crippen LogP contribution in [0, 0.1) is 0 Å². The predicted molar refractivity (Wildman–Crippen MR) is 81.7 cm³/mol. The lowest BCUT2D eigenvalue weighted by Crippen LogP contribution is -2.18. The third-order valence-corrected chi connectivity index (χ3v) is 6.01. The van der Waals surface area contributed by atoms with Crippen molar-refractivity contribution in [1.29, 1.82) is 0 Å². The molecule has 104 valence electrons. The molecule has 0 spiro atoms. The standard InChI is InChI=1S/C9H2Br2Cl3F2NOS/c10-8(11)9(15,16)19-7-4(17-2-18)1-3(12)5(13)6(7)14/h1,8H. The maximum absolute atomic E-state index is 13.7. The lowest BCUT2D eigenvalue weighted by molar-refractivity contribution is 0.129. The van der Waals surface area contributed by atoms with Crippen molar-refractivity contribution in [1.82, 2.24) is 0 Å². The average Bonchev–Trinajstić information content (AvgIpc) is 2.31. The molecule has 0 amide bonds. The summed E-state index contributed by atoms with van der Waals surface area (Å²) < 4.78 is 26.0. The van der Waals surface area contributed by atoms with Gasteiger partial charge in [0.2, 0.25) is 6.08 Å². The van der Waals surface area contributed by atoms with E-state index in [9.17, 15) is 13.6 Å². The summed E-state index contributed by atoms with van der Waals surface area (Å²) in [6, 6.07) is 1.16. The minimum Gasteiger partial charge on any atom is -0.211 e. The molecule has 10 heteroatoms. The maximum atomic E-state index is 13.7. The summed E-state index contributed by atoms with van der Waals surface area (Å²) in [6.07, 6.45) is 1.25. The normalized spacial score (nSPS) is 11.6. The van der Waals surface area contributed by atoms with Crippen molar-refractivity contribution >= 4 is 90.2 Å². The fraction of sp³-hybridized carbons (Fsp3) is 0.222. The van der Waals surface area contributed by atoms with Crippen molar-refractivity contribution < 1.29 is 13.6 Å². The Hall–Kier alpha value is 0.640. The Morgan fingerprint density at radius 1 is 1.32 bits per heavy atom. The summed E-state index contributed by atoms with van der Waals surface area (Å²) in [6.45, 7) is 0. The van der Waals surface area contributed by atoms with Gasteiger partial charge in [-0.2, -0.15) is 13.8 Å². The smallest absolute Gasteiger partial charge is 0.211 e. The Balaban J connectivity index is 3.40. The van der Waals surface area contributed by atoms with Gasteiger partial charge in [0.05, 0.1) is 25.7 Å². The van der Waals surface area contributed by atoms with Crippen molar-refractivity contribution in [3.8, 4) is 0 Å². The van der Waals surface area contributed by atoms with E-state index in [1.54, 1.807) is 0 Å². The number of nitrogens with zero attached hydrogens (tertiary/aromatic N) is 1. The minimum absolute atomic E-state index is 0.00238. The summed E-state index contributed by atoms with van der Waals surface area (Å²) in [5.74, 6) is 0. The Morgan fingerprint density at radius 2 is 1.89 bits per heavy atom. The number of hydrogen-bond acceptors (Lipinski definition) is 3. The molecule has 2 nitrogen and oxygen atoms in total. The first-order valence-electron chi connectivity index (χ1n) is 4.31. The fourth-order valence-electron chi connectivity index (χ4n) is 0.976. The molecule has 0 fully saturated rings. The van der Waals surface area contributed by atoms with Crippen LogP contribution in [0.3, 0.4) is 0 Å². The summed E-state index contributed by atoms with van der Waals surface area (Å²) >= 11 is 22.9. The highest BCUT2D eigenvalue weighted by Crippen LogP contribution is 2.51. The fourth-order valence-corrected chi connectivity index (χ4v) is 3.06. The number of rotatable bonds is 4. The van der Waals surface area contributed by atoms with Gasteiger partial charge in [0.25, 0.3) is 0 Å². The third-order valence-electron chi connectivity index (χ3n) is 1.76. The zero-order valence-electron chi connectivity index (χ0n) is 8.56. The molecule has 0 bridgehead atoms. The van der Waals surface area contributed by atoms with E-state index in [2.05, 4.69) is 36.9 Å². The van der Waals surface area contributed by atoms with Crippen molar-refractivity contribution in [2.45, 2.75) is 13.9 Å². The minimum atomic E-state index is -3.26. The van der Waals surface area contributed by atoms with E-state index in [-0.39, 0.29) is 37.4 Å². The Morgan fingerprint density at radius 3 is 2.37 bits per heavy atom. The molecule has 1 aromatic carbocycles. The lowest BCUT2D eigenvalue weighted by Gasteiger charge is -2.19. The van der Waals surface area contributed by atoms with E-state index in [0.717, 1.165) is 6.07 Å². The molecule has 0 unspecified atom stereocenters. The van der Waals surface area contributed by atoms with Gasteiger partial charge in [0, 0.05) is 0 Å². The molecule has 1 rings (SSSR count). The van der Waals surface area contributed by atoms with Crippen LogP contribution in [0.25, 0.3) is 0 Å². The first-order valence-corrected chi connectivity index (χ1v) is 8.09. The zero-order valence-corrected chi connectivity index (χ0v) is 14.8. The number of thioether (sulfide) groups is 1. The number of alkyl halides is 4. The van der Waals surface area contributed by atoms with Gasteiger partial charge in [0.15, 0.2) is 0 Å². The summed E-state index contributed by atoms with van der Waals surface area (Å²) in [7, 11) is 0. The number of hydrogen-bond donors (Lipinski definition) is 0. The molecular weight excluding hydrogens is 474 g/mol. The van der Waals surface area contributed by atoms with E-state index in [0.29, 0.717) is 0 Å². The maximum Gasteiger partial charge on any atom is 0.320 e. The van der Waals surface area contributed by atoms with E-state index in [1.807, 2.05) is 0 Å². The molecule has 0 aliphatic carbocycles. The number of carbonyl (C=O) groups excluding carboxylic acids is 1. The highest BCUT2D eigenvalue weighted by atomic mass is 79.9. The Labute approximate surface area is 143 Å². The lowest BCUT2D eigenvalue weighted by atomic mass is 10.3. The van der Waals surface area contributed by atoms with E-state index >= 15 is 0 Å². The van der Waals surface area contributed by atoms with Gasteiger partial charge >= 0.3 is 5.25 Å². The van der Waals surface area contributed by atoms with Crippen LogP contribution in [0.15, 0.2) is 16.0 Å². The molecule has 19 heavy (non-hydrogen) atoms. The number of aliphatic imine (C=N–C) groups is 1. The van der Waals surface area contributed by atoms with Crippen molar-refractivity contribution in [3.05, 3.63) is 21.1 Å². The van der Waals surface area contributed by atoms with Crippen molar-refractivity contribution in [2.24, 2.45) is 4.99 Å². The molecule has 0 saturated carbocycles. The van der Waals surface area contributed by atoms with Crippen LogP contribution >= 0.6 is 78.4 Å². The first-order chi connectivity index (χ1) is 8.70. The van der Waals surface area contributed by atoms with Gasteiger partial charge in [-0.1, -0.05) is 66.7 Å². The highest BCUT2D eigenvalue weighted by Gasteiger charge is 2.39. The van der Waals surface area contributed by atoms with Crippen molar-refractivity contribution in [3.63, 3.8) is 0 Å². The number of benzene rings is 1. The van der Waals surface area contributed by atoms with E-state index in [1.165, 1.54) is 6.08 Å².